The Labute approximate surface area is 188 Å². The number of aryl methyl sites for hydroxylation is 1. The van der Waals surface area contributed by atoms with E-state index in [-0.39, 0.29) is 18.6 Å². The van der Waals surface area contributed by atoms with E-state index in [1.165, 1.54) is 0 Å². The third-order valence-corrected chi connectivity index (χ3v) is 6.07. The summed E-state index contributed by atoms with van der Waals surface area (Å²) in [6, 6.07) is 10.8. The maximum Gasteiger partial charge on any atom is 0.331 e. The second-order valence-corrected chi connectivity index (χ2v) is 8.35. The topological polar surface area (TPSA) is 93.1 Å². The number of halogens is 1. The van der Waals surface area contributed by atoms with E-state index in [9.17, 15) is 19.8 Å². The van der Waals surface area contributed by atoms with Gasteiger partial charge in [-0.2, -0.15) is 0 Å². The summed E-state index contributed by atoms with van der Waals surface area (Å²) in [6.07, 6.45) is 3.01. The predicted molar refractivity (Wildman–Crippen MR) is 120 cm³/mol. The van der Waals surface area contributed by atoms with Gasteiger partial charge in [0.1, 0.15) is 12.0 Å². The van der Waals surface area contributed by atoms with E-state index < -0.39 is 17.4 Å². The van der Waals surface area contributed by atoms with E-state index in [2.05, 4.69) is 15.9 Å². The highest BCUT2D eigenvalue weighted by atomic mass is 79.9. The molecular weight excluding hydrogens is 464 g/mol. The second-order valence-electron chi connectivity index (χ2n) is 7.44. The zero-order chi connectivity index (χ0) is 22.8. The molecular formula is C24H23BrO6. The van der Waals surface area contributed by atoms with Gasteiger partial charge in [0.15, 0.2) is 11.5 Å². The summed E-state index contributed by atoms with van der Waals surface area (Å²) in [7, 11) is 1.54. The van der Waals surface area contributed by atoms with Crippen LogP contribution >= 0.6 is 15.9 Å². The SMILES string of the molecule is COc1cc(Br)ccc1OCc1c(C)cccc1C1(C(=O)O)C=CC(C)=C(C(=O)O)C1. The van der Waals surface area contributed by atoms with Crippen molar-refractivity contribution in [3.8, 4) is 11.5 Å². The molecule has 0 heterocycles. The highest BCUT2D eigenvalue weighted by molar-refractivity contribution is 9.10. The average Bonchev–Trinajstić information content (AvgIpc) is 2.73. The van der Waals surface area contributed by atoms with Crippen molar-refractivity contribution in [2.24, 2.45) is 0 Å². The van der Waals surface area contributed by atoms with Crippen LogP contribution in [0.15, 0.2) is 64.2 Å². The van der Waals surface area contributed by atoms with Crippen LogP contribution < -0.4 is 9.47 Å². The molecule has 3 rings (SSSR count). The number of hydrogen-bond donors (Lipinski definition) is 2. The largest absolute Gasteiger partial charge is 0.493 e. The zero-order valence-corrected chi connectivity index (χ0v) is 19.0. The quantitative estimate of drug-likeness (QED) is 0.569. The van der Waals surface area contributed by atoms with Crippen LogP contribution in [-0.4, -0.2) is 29.3 Å². The van der Waals surface area contributed by atoms with Crippen molar-refractivity contribution in [1.29, 1.82) is 0 Å². The van der Waals surface area contributed by atoms with E-state index in [4.69, 9.17) is 9.47 Å². The lowest BCUT2D eigenvalue weighted by atomic mass is 9.69. The van der Waals surface area contributed by atoms with Gasteiger partial charge in [-0.25, -0.2) is 4.79 Å². The molecule has 1 aliphatic carbocycles. The number of benzene rings is 2. The molecule has 0 saturated carbocycles. The Morgan fingerprint density at radius 1 is 1.13 bits per heavy atom. The number of hydrogen-bond acceptors (Lipinski definition) is 4. The van der Waals surface area contributed by atoms with Crippen molar-refractivity contribution in [2.45, 2.75) is 32.3 Å². The number of aliphatic carboxylic acids is 2. The van der Waals surface area contributed by atoms with Crippen LogP contribution in [0, 0.1) is 6.92 Å². The molecule has 2 aromatic rings. The minimum atomic E-state index is -1.50. The fourth-order valence-electron chi connectivity index (χ4n) is 3.76. The smallest absolute Gasteiger partial charge is 0.331 e. The number of methoxy groups -OCH3 is 1. The third-order valence-electron chi connectivity index (χ3n) is 5.58. The normalized spacial score (nSPS) is 18.1. The molecule has 1 aliphatic rings. The van der Waals surface area contributed by atoms with Crippen molar-refractivity contribution in [2.75, 3.05) is 7.11 Å². The lowest BCUT2D eigenvalue weighted by molar-refractivity contribution is -0.142. The molecule has 0 spiro atoms. The van der Waals surface area contributed by atoms with Crippen molar-refractivity contribution in [3.63, 3.8) is 0 Å². The molecule has 162 valence electrons. The standard InChI is InChI=1S/C24H23BrO6/c1-14-5-4-6-19(18(14)13-31-20-8-7-16(25)11-21(20)30-3)24(23(28)29)10-9-15(2)17(12-24)22(26)27/h4-11H,12-13H2,1-3H3,(H,26,27)(H,28,29). The Hall–Kier alpha value is -3.06. The molecule has 31 heavy (non-hydrogen) atoms. The average molecular weight is 487 g/mol. The number of carbonyl (C=O) groups is 2. The lowest BCUT2D eigenvalue weighted by Gasteiger charge is -2.32. The van der Waals surface area contributed by atoms with Crippen molar-refractivity contribution in [1.82, 2.24) is 0 Å². The Kier molecular flexibility index (Phi) is 6.55. The number of allylic oxidation sites excluding steroid dienone is 2. The molecule has 0 radical (unpaired) electrons. The first kappa shape index (κ1) is 22.6. The van der Waals surface area contributed by atoms with Crippen LogP contribution in [0.2, 0.25) is 0 Å². The van der Waals surface area contributed by atoms with Gasteiger partial charge in [0.05, 0.1) is 7.11 Å². The summed E-state index contributed by atoms with van der Waals surface area (Å²) in [5.74, 6) is -1.16. The van der Waals surface area contributed by atoms with E-state index in [1.54, 1.807) is 50.5 Å². The first-order valence-electron chi connectivity index (χ1n) is 9.60. The van der Waals surface area contributed by atoms with Crippen molar-refractivity contribution in [3.05, 3.63) is 80.9 Å². The number of carboxylic acids is 2. The summed E-state index contributed by atoms with van der Waals surface area (Å²) in [5, 5.41) is 19.8. The Balaban J connectivity index is 2.05. The van der Waals surface area contributed by atoms with Crippen LogP contribution in [0.5, 0.6) is 11.5 Å². The predicted octanol–water partition coefficient (Wildman–Crippen LogP) is 5.03. The van der Waals surface area contributed by atoms with Crippen molar-refractivity contribution < 1.29 is 29.3 Å². The van der Waals surface area contributed by atoms with Crippen molar-refractivity contribution >= 4 is 27.9 Å². The molecule has 2 aromatic carbocycles. The summed E-state index contributed by atoms with van der Waals surface area (Å²) in [4.78, 5) is 24.2. The highest BCUT2D eigenvalue weighted by Crippen LogP contribution is 2.41. The lowest BCUT2D eigenvalue weighted by Crippen LogP contribution is -2.38. The number of ether oxygens (including phenoxy) is 2. The maximum atomic E-state index is 12.5. The summed E-state index contributed by atoms with van der Waals surface area (Å²) in [5.41, 5.74) is 1.21. The molecule has 1 unspecified atom stereocenters. The third kappa shape index (κ3) is 4.37. The Morgan fingerprint density at radius 2 is 1.87 bits per heavy atom. The molecule has 0 amide bonds. The molecule has 0 aromatic heterocycles. The molecule has 1 atom stereocenters. The van der Waals surface area contributed by atoms with Crippen LogP contribution in [0.3, 0.4) is 0 Å². The van der Waals surface area contributed by atoms with Gasteiger partial charge < -0.3 is 19.7 Å². The second kappa shape index (κ2) is 8.98. The summed E-state index contributed by atoms with van der Waals surface area (Å²) >= 11 is 3.39. The van der Waals surface area contributed by atoms with Gasteiger partial charge in [-0.1, -0.05) is 46.3 Å². The first-order valence-corrected chi connectivity index (χ1v) is 10.4. The van der Waals surface area contributed by atoms with Crippen LogP contribution in [-0.2, 0) is 21.6 Å². The van der Waals surface area contributed by atoms with Crippen LogP contribution in [0.25, 0.3) is 0 Å². The van der Waals surface area contributed by atoms with Gasteiger partial charge in [0, 0.05) is 16.5 Å². The summed E-state index contributed by atoms with van der Waals surface area (Å²) < 4.78 is 12.2. The molecule has 0 fully saturated rings. The molecule has 6 nitrogen and oxygen atoms in total. The minimum Gasteiger partial charge on any atom is -0.493 e. The van der Waals surface area contributed by atoms with E-state index in [0.29, 0.717) is 28.2 Å². The summed E-state index contributed by atoms with van der Waals surface area (Å²) in [6.45, 7) is 3.65. The first-order chi connectivity index (χ1) is 14.7. The minimum absolute atomic E-state index is 0.0906. The molecule has 0 bridgehead atoms. The van der Waals surface area contributed by atoms with Gasteiger partial charge >= 0.3 is 11.9 Å². The van der Waals surface area contributed by atoms with Gasteiger partial charge in [-0.3, -0.25) is 4.79 Å². The van der Waals surface area contributed by atoms with Crippen LogP contribution in [0.1, 0.15) is 30.0 Å². The van der Waals surface area contributed by atoms with Gasteiger partial charge in [-0.05, 0) is 54.3 Å². The fraction of sp³-hybridized carbons (Fsp3) is 0.250. The fourth-order valence-corrected chi connectivity index (χ4v) is 4.10. The molecule has 7 heteroatoms. The van der Waals surface area contributed by atoms with E-state index in [1.807, 2.05) is 19.1 Å². The van der Waals surface area contributed by atoms with Gasteiger partial charge in [0.2, 0.25) is 0 Å². The van der Waals surface area contributed by atoms with Gasteiger partial charge in [0.25, 0.3) is 0 Å². The zero-order valence-electron chi connectivity index (χ0n) is 17.4. The maximum absolute atomic E-state index is 12.5. The Morgan fingerprint density at radius 3 is 2.52 bits per heavy atom. The molecule has 2 N–H and O–H groups in total. The number of carboxylic acid groups (broad SMARTS) is 2. The molecule has 0 aliphatic heterocycles. The Bertz CT molecular complexity index is 1100. The monoisotopic (exact) mass is 486 g/mol. The molecule has 0 saturated heterocycles. The van der Waals surface area contributed by atoms with Crippen LogP contribution in [0.4, 0.5) is 0 Å². The highest BCUT2D eigenvalue weighted by Gasteiger charge is 2.43. The van der Waals surface area contributed by atoms with E-state index in [0.717, 1.165) is 10.0 Å². The van der Waals surface area contributed by atoms with E-state index >= 15 is 0 Å². The number of rotatable bonds is 7. The van der Waals surface area contributed by atoms with Gasteiger partial charge in [-0.15, -0.1) is 0 Å².